The molecule has 1 heterocycles. The van der Waals surface area contributed by atoms with E-state index in [1.54, 1.807) is 0 Å². The van der Waals surface area contributed by atoms with Gasteiger partial charge in [0, 0.05) is 23.0 Å². The molecule has 4 heteroatoms. The van der Waals surface area contributed by atoms with Gasteiger partial charge in [-0.1, -0.05) is 28.6 Å². The van der Waals surface area contributed by atoms with E-state index >= 15 is 0 Å². The van der Waals surface area contributed by atoms with Gasteiger partial charge in [0.15, 0.2) is 0 Å². The van der Waals surface area contributed by atoms with Crippen LogP contribution in [0.15, 0.2) is 36.6 Å². The molecule has 0 saturated heterocycles. The Labute approximate surface area is 101 Å². The Morgan fingerprint density at radius 1 is 1.25 bits per heavy atom. The highest BCUT2D eigenvalue weighted by Gasteiger charge is 2.16. The Hall–Kier alpha value is -1.16. The number of hydrogen-bond donors (Lipinski definition) is 1. The van der Waals surface area contributed by atoms with Crippen LogP contribution in [0, 0.1) is 11.6 Å². The first-order chi connectivity index (χ1) is 7.56. The van der Waals surface area contributed by atoms with Gasteiger partial charge in [0.1, 0.15) is 11.6 Å². The van der Waals surface area contributed by atoms with Crippen LogP contribution in [0.5, 0.6) is 0 Å². The number of hydrogen-bond acceptors (Lipinski definition) is 1. The Kier molecular flexibility index (Phi) is 3.10. The van der Waals surface area contributed by atoms with E-state index < -0.39 is 11.6 Å². The van der Waals surface area contributed by atoms with Crippen molar-refractivity contribution in [2.75, 3.05) is 0 Å². The van der Waals surface area contributed by atoms with Crippen LogP contribution in [-0.4, -0.2) is 4.83 Å². The molecule has 0 bridgehead atoms. The zero-order valence-corrected chi connectivity index (χ0v) is 10.0. The maximum atomic E-state index is 13.0. The highest BCUT2D eigenvalue weighted by Crippen LogP contribution is 2.25. The minimum absolute atomic E-state index is 0.162. The fourth-order valence-electron chi connectivity index (χ4n) is 1.57. The van der Waals surface area contributed by atoms with Gasteiger partial charge in [0.25, 0.3) is 0 Å². The summed E-state index contributed by atoms with van der Waals surface area (Å²) in [6.07, 6.45) is 2.64. The summed E-state index contributed by atoms with van der Waals surface area (Å²) in [7, 11) is 0. The van der Waals surface area contributed by atoms with Gasteiger partial charge < -0.3 is 5.32 Å². The van der Waals surface area contributed by atoms with Crippen LogP contribution < -0.4 is 5.32 Å². The average molecular weight is 286 g/mol. The van der Waals surface area contributed by atoms with Crippen LogP contribution in [-0.2, 0) is 0 Å². The molecule has 0 aliphatic carbocycles. The molecule has 0 radical (unpaired) electrons. The van der Waals surface area contributed by atoms with Crippen LogP contribution >= 0.6 is 15.9 Å². The minimum atomic E-state index is -0.579. The molecule has 0 fully saturated rings. The molecule has 0 spiro atoms. The molecule has 1 atom stereocenters. The maximum absolute atomic E-state index is 13.0. The maximum Gasteiger partial charge on any atom is 0.126 e. The summed E-state index contributed by atoms with van der Waals surface area (Å²) >= 11 is 3.43. The number of halogens is 3. The van der Waals surface area contributed by atoms with Crippen molar-refractivity contribution in [3.63, 3.8) is 0 Å². The van der Waals surface area contributed by atoms with Crippen LogP contribution in [0.25, 0.3) is 5.70 Å². The second-order valence-electron chi connectivity index (χ2n) is 3.63. The topological polar surface area (TPSA) is 12.0 Å². The fourth-order valence-corrected chi connectivity index (χ4v) is 1.87. The van der Waals surface area contributed by atoms with Gasteiger partial charge in [0.2, 0.25) is 0 Å². The van der Waals surface area contributed by atoms with Gasteiger partial charge in [0.05, 0.1) is 4.83 Å². The second kappa shape index (κ2) is 4.37. The molecule has 2 rings (SSSR count). The van der Waals surface area contributed by atoms with Gasteiger partial charge in [-0.05, 0) is 18.6 Å². The van der Waals surface area contributed by atoms with Gasteiger partial charge in [-0.2, -0.15) is 0 Å². The van der Waals surface area contributed by atoms with Crippen molar-refractivity contribution in [3.05, 3.63) is 53.7 Å². The van der Waals surface area contributed by atoms with Crippen molar-refractivity contribution in [1.82, 2.24) is 5.32 Å². The van der Waals surface area contributed by atoms with Crippen LogP contribution in [0.3, 0.4) is 0 Å². The standard InChI is InChI=1S/C12H10BrF2N/c1-7-11(13)2-3-12(16-7)8-4-9(14)6-10(15)5-8/h3-6,11,16H,1-2H2. The summed E-state index contributed by atoms with van der Waals surface area (Å²) in [6, 6.07) is 3.45. The van der Waals surface area contributed by atoms with E-state index in [-0.39, 0.29) is 4.83 Å². The molecular formula is C12H10BrF2N. The first-order valence-corrected chi connectivity index (χ1v) is 5.74. The van der Waals surface area contributed by atoms with Crippen molar-refractivity contribution in [2.24, 2.45) is 0 Å². The smallest absolute Gasteiger partial charge is 0.126 e. The van der Waals surface area contributed by atoms with Gasteiger partial charge >= 0.3 is 0 Å². The van der Waals surface area contributed by atoms with E-state index in [9.17, 15) is 8.78 Å². The monoisotopic (exact) mass is 285 g/mol. The third kappa shape index (κ3) is 2.32. The quantitative estimate of drug-likeness (QED) is 0.778. The van der Waals surface area contributed by atoms with Crippen LogP contribution in [0.1, 0.15) is 12.0 Å². The van der Waals surface area contributed by atoms with Crippen LogP contribution in [0.4, 0.5) is 8.78 Å². The summed E-state index contributed by atoms with van der Waals surface area (Å²) < 4.78 is 26.1. The van der Waals surface area contributed by atoms with E-state index in [0.717, 1.165) is 18.2 Å². The predicted octanol–water partition coefficient (Wildman–Crippen LogP) is 3.58. The first-order valence-electron chi connectivity index (χ1n) is 4.83. The summed E-state index contributed by atoms with van der Waals surface area (Å²) in [5, 5.41) is 3.02. The minimum Gasteiger partial charge on any atom is -0.358 e. The van der Waals surface area contributed by atoms with Crippen molar-refractivity contribution in [1.29, 1.82) is 0 Å². The molecule has 1 aromatic carbocycles. The third-order valence-electron chi connectivity index (χ3n) is 2.38. The molecule has 1 N–H and O–H groups in total. The molecule has 0 amide bonds. The van der Waals surface area contributed by atoms with E-state index in [4.69, 9.17) is 0 Å². The lowest BCUT2D eigenvalue weighted by Gasteiger charge is -2.22. The molecule has 1 aromatic rings. The number of nitrogens with one attached hydrogen (secondary N) is 1. The van der Waals surface area contributed by atoms with Crippen molar-refractivity contribution in [3.8, 4) is 0 Å². The molecule has 1 unspecified atom stereocenters. The highest BCUT2D eigenvalue weighted by molar-refractivity contribution is 9.09. The molecule has 1 aliphatic rings. The zero-order chi connectivity index (χ0) is 11.7. The van der Waals surface area contributed by atoms with E-state index in [2.05, 4.69) is 27.8 Å². The molecule has 1 nitrogen and oxygen atoms in total. The summed E-state index contributed by atoms with van der Waals surface area (Å²) in [5.41, 5.74) is 1.99. The summed E-state index contributed by atoms with van der Waals surface area (Å²) in [6.45, 7) is 3.83. The lowest BCUT2D eigenvalue weighted by Crippen LogP contribution is -2.22. The second-order valence-corrected chi connectivity index (χ2v) is 4.73. The third-order valence-corrected chi connectivity index (χ3v) is 3.30. The van der Waals surface area contributed by atoms with Crippen LogP contribution in [0.2, 0.25) is 0 Å². The van der Waals surface area contributed by atoms with E-state index in [1.807, 2.05) is 6.08 Å². The molecule has 0 saturated carbocycles. The Morgan fingerprint density at radius 2 is 1.88 bits per heavy atom. The molecular weight excluding hydrogens is 276 g/mol. The Bertz CT molecular complexity index is 448. The normalized spacial score (nSPS) is 20.3. The van der Waals surface area contributed by atoms with Gasteiger partial charge in [-0.25, -0.2) is 8.78 Å². The number of benzene rings is 1. The predicted molar refractivity (Wildman–Crippen MR) is 63.9 cm³/mol. The molecule has 84 valence electrons. The number of alkyl halides is 1. The van der Waals surface area contributed by atoms with Crippen molar-refractivity contribution < 1.29 is 8.78 Å². The van der Waals surface area contributed by atoms with Crippen molar-refractivity contribution in [2.45, 2.75) is 11.2 Å². The summed E-state index contributed by atoms with van der Waals surface area (Å²) in [4.78, 5) is 0.162. The van der Waals surface area contributed by atoms with E-state index in [0.29, 0.717) is 11.3 Å². The molecule has 1 aliphatic heterocycles. The zero-order valence-electron chi connectivity index (χ0n) is 8.43. The fraction of sp³-hybridized carbons (Fsp3) is 0.167. The summed E-state index contributed by atoms with van der Waals surface area (Å²) in [5.74, 6) is -1.16. The molecule has 16 heavy (non-hydrogen) atoms. The molecule has 0 aromatic heterocycles. The largest absolute Gasteiger partial charge is 0.358 e. The number of rotatable bonds is 1. The SMILES string of the molecule is C=C1NC(c2cc(F)cc(F)c2)=CCC1Br. The van der Waals surface area contributed by atoms with Gasteiger partial charge in [-0.3, -0.25) is 0 Å². The highest BCUT2D eigenvalue weighted by atomic mass is 79.9. The lowest BCUT2D eigenvalue weighted by atomic mass is 10.1. The Morgan fingerprint density at radius 3 is 2.44 bits per heavy atom. The van der Waals surface area contributed by atoms with Crippen molar-refractivity contribution >= 4 is 21.6 Å². The Balaban J connectivity index is 2.34. The number of allylic oxidation sites excluding steroid dienone is 2. The van der Waals surface area contributed by atoms with Gasteiger partial charge in [-0.15, -0.1) is 0 Å². The average Bonchev–Trinajstić information content (AvgIpc) is 2.20. The van der Waals surface area contributed by atoms with E-state index in [1.165, 1.54) is 12.1 Å². The lowest BCUT2D eigenvalue weighted by molar-refractivity contribution is 0.582. The first kappa shape index (κ1) is 11.3.